The number of benzene rings is 2. The van der Waals surface area contributed by atoms with Gasteiger partial charge < -0.3 is 4.42 Å². The first-order valence-electron chi connectivity index (χ1n) is 7.17. The molecule has 3 nitrogen and oxygen atoms in total. The van der Waals surface area contributed by atoms with Gasteiger partial charge in [-0.1, -0.05) is 29.8 Å². The number of carbonyl (C=O) groups is 1. The van der Waals surface area contributed by atoms with Crippen LogP contribution in [-0.2, 0) is 0 Å². The molecule has 0 saturated carbocycles. The maximum Gasteiger partial charge on any atom is 0.347 e. The quantitative estimate of drug-likeness (QED) is 0.283. The summed E-state index contributed by atoms with van der Waals surface area (Å²) in [4.78, 5) is 25.4. The molecule has 0 bridgehead atoms. The summed E-state index contributed by atoms with van der Waals surface area (Å²) in [6.07, 6.45) is 5.05. The molecule has 0 aliphatic carbocycles. The van der Waals surface area contributed by atoms with E-state index < -0.39 is 11.4 Å². The lowest BCUT2D eigenvalue weighted by molar-refractivity contribution is 0.104. The van der Waals surface area contributed by atoms with Crippen LogP contribution in [-0.4, -0.2) is 12.0 Å². The van der Waals surface area contributed by atoms with Gasteiger partial charge in [0.05, 0.1) is 0 Å². The molecule has 0 spiro atoms. The molecule has 0 aliphatic rings. The molecule has 1 aromatic heterocycles. The fourth-order valence-corrected chi connectivity index (χ4v) is 2.83. The van der Waals surface area contributed by atoms with E-state index in [1.807, 2.05) is 30.5 Å². The van der Waals surface area contributed by atoms with Crippen molar-refractivity contribution in [2.75, 3.05) is 6.26 Å². The molecule has 0 amide bonds. The standard InChI is InChI=1S/C19H13ClO3S/c1-24-15-6-2-12(3-7-15)4-8-17(21)16-11-13-10-14(20)5-9-18(13)23-19(16)22/h2-11H,1H3/b8-4+. The van der Waals surface area contributed by atoms with Crippen molar-refractivity contribution in [2.45, 2.75) is 4.90 Å². The van der Waals surface area contributed by atoms with Gasteiger partial charge in [0, 0.05) is 15.3 Å². The summed E-state index contributed by atoms with van der Waals surface area (Å²) >= 11 is 7.58. The Morgan fingerprint density at radius 3 is 2.58 bits per heavy atom. The zero-order valence-corrected chi connectivity index (χ0v) is 14.4. The predicted octanol–water partition coefficient (Wildman–Crippen LogP) is 5.06. The second-order valence-corrected chi connectivity index (χ2v) is 6.42. The van der Waals surface area contributed by atoms with Crippen molar-refractivity contribution in [3.8, 4) is 0 Å². The van der Waals surface area contributed by atoms with Gasteiger partial charge in [-0.3, -0.25) is 4.79 Å². The number of rotatable bonds is 4. The molecule has 120 valence electrons. The molecule has 0 atom stereocenters. The Balaban J connectivity index is 1.91. The molecule has 0 N–H and O–H groups in total. The monoisotopic (exact) mass is 356 g/mol. The van der Waals surface area contributed by atoms with Crippen LogP contribution in [0.2, 0.25) is 5.02 Å². The van der Waals surface area contributed by atoms with E-state index in [1.165, 1.54) is 12.1 Å². The predicted molar refractivity (Wildman–Crippen MR) is 99.1 cm³/mol. The van der Waals surface area contributed by atoms with E-state index in [1.54, 1.807) is 36.0 Å². The van der Waals surface area contributed by atoms with Gasteiger partial charge in [0.25, 0.3) is 0 Å². The number of halogens is 1. The van der Waals surface area contributed by atoms with Gasteiger partial charge in [-0.25, -0.2) is 4.79 Å². The van der Waals surface area contributed by atoms with Gasteiger partial charge in [0.15, 0.2) is 5.78 Å². The molecule has 3 rings (SSSR count). The van der Waals surface area contributed by atoms with Crippen LogP contribution in [0, 0.1) is 0 Å². The third kappa shape index (κ3) is 3.61. The van der Waals surface area contributed by atoms with Gasteiger partial charge in [0.2, 0.25) is 0 Å². The lowest BCUT2D eigenvalue weighted by Gasteiger charge is -2.00. The van der Waals surface area contributed by atoms with Crippen LogP contribution < -0.4 is 5.63 Å². The Morgan fingerprint density at radius 1 is 1.12 bits per heavy atom. The molecule has 5 heteroatoms. The van der Waals surface area contributed by atoms with Crippen molar-refractivity contribution in [3.05, 3.63) is 81.2 Å². The van der Waals surface area contributed by atoms with Crippen LogP contribution in [0.1, 0.15) is 15.9 Å². The van der Waals surface area contributed by atoms with E-state index >= 15 is 0 Å². The average Bonchev–Trinajstić information content (AvgIpc) is 2.60. The second kappa shape index (κ2) is 7.07. The first-order chi connectivity index (χ1) is 11.6. The first-order valence-corrected chi connectivity index (χ1v) is 8.77. The fourth-order valence-electron chi connectivity index (χ4n) is 2.24. The van der Waals surface area contributed by atoms with E-state index in [2.05, 4.69) is 0 Å². The van der Waals surface area contributed by atoms with Crippen LogP contribution in [0.5, 0.6) is 0 Å². The molecule has 2 aromatic carbocycles. The molecule has 0 radical (unpaired) electrons. The number of hydrogen-bond acceptors (Lipinski definition) is 4. The topological polar surface area (TPSA) is 47.3 Å². The molecule has 0 saturated heterocycles. The van der Waals surface area contributed by atoms with E-state index in [4.69, 9.17) is 16.0 Å². The highest BCUT2D eigenvalue weighted by Gasteiger charge is 2.11. The average molecular weight is 357 g/mol. The minimum atomic E-state index is -0.655. The number of ketones is 1. The van der Waals surface area contributed by atoms with E-state index in [0.29, 0.717) is 16.0 Å². The molecule has 3 aromatic rings. The summed E-state index contributed by atoms with van der Waals surface area (Å²) in [6.45, 7) is 0. The van der Waals surface area contributed by atoms with Crippen molar-refractivity contribution in [1.29, 1.82) is 0 Å². The molecule has 0 fully saturated rings. The minimum Gasteiger partial charge on any atom is -0.422 e. The SMILES string of the molecule is CSc1ccc(/C=C/C(=O)c2cc3cc(Cl)ccc3oc2=O)cc1. The summed E-state index contributed by atoms with van der Waals surface area (Å²) < 4.78 is 5.18. The highest BCUT2D eigenvalue weighted by Crippen LogP contribution is 2.19. The van der Waals surface area contributed by atoms with Crippen LogP contribution >= 0.6 is 23.4 Å². The number of thioether (sulfide) groups is 1. The molecular weight excluding hydrogens is 344 g/mol. The van der Waals surface area contributed by atoms with Gasteiger partial charge >= 0.3 is 5.63 Å². The lowest BCUT2D eigenvalue weighted by atomic mass is 10.1. The smallest absolute Gasteiger partial charge is 0.347 e. The van der Waals surface area contributed by atoms with Crippen molar-refractivity contribution in [3.63, 3.8) is 0 Å². The van der Waals surface area contributed by atoms with Gasteiger partial charge in [-0.05, 0) is 54.3 Å². The minimum absolute atomic E-state index is 0.0123. The van der Waals surface area contributed by atoms with Crippen LogP contribution in [0.4, 0.5) is 0 Å². The van der Waals surface area contributed by atoms with E-state index in [-0.39, 0.29) is 5.56 Å². The molecule has 1 heterocycles. The zero-order valence-electron chi connectivity index (χ0n) is 12.8. The molecular formula is C19H13ClO3S. The lowest BCUT2D eigenvalue weighted by Crippen LogP contribution is -2.11. The van der Waals surface area contributed by atoms with Crippen LogP contribution in [0.15, 0.2) is 68.7 Å². The normalized spacial score (nSPS) is 11.2. The summed E-state index contributed by atoms with van der Waals surface area (Å²) in [5.74, 6) is -0.403. The largest absolute Gasteiger partial charge is 0.422 e. The summed E-state index contributed by atoms with van der Waals surface area (Å²) in [7, 11) is 0. The van der Waals surface area contributed by atoms with Crippen LogP contribution in [0.3, 0.4) is 0 Å². The Kier molecular flexibility index (Phi) is 4.88. The van der Waals surface area contributed by atoms with Crippen molar-refractivity contribution >= 4 is 46.2 Å². The van der Waals surface area contributed by atoms with Gasteiger partial charge in [-0.15, -0.1) is 11.8 Å². The van der Waals surface area contributed by atoms with Crippen molar-refractivity contribution in [1.82, 2.24) is 0 Å². The number of hydrogen-bond donors (Lipinski definition) is 0. The summed E-state index contributed by atoms with van der Waals surface area (Å²) in [5, 5.41) is 1.13. The fraction of sp³-hybridized carbons (Fsp3) is 0.0526. The summed E-state index contributed by atoms with van der Waals surface area (Å²) in [6, 6.07) is 14.2. The second-order valence-electron chi connectivity index (χ2n) is 5.10. The maximum atomic E-state index is 12.3. The number of allylic oxidation sites excluding steroid dienone is 1. The third-order valence-electron chi connectivity index (χ3n) is 3.50. The summed E-state index contributed by atoms with van der Waals surface area (Å²) in [5.41, 5.74) is 0.617. The Bertz CT molecular complexity index is 988. The van der Waals surface area contributed by atoms with Crippen LogP contribution in [0.25, 0.3) is 17.0 Å². The van der Waals surface area contributed by atoms with Crippen molar-refractivity contribution < 1.29 is 9.21 Å². The highest BCUT2D eigenvalue weighted by atomic mass is 35.5. The highest BCUT2D eigenvalue weighted by molar-refractivity contribution is 7.98. The maximum absolute atomic E-state index is 12.3. The first kappa shape index (κ1) is 16.6. The Morgan fingerprint density at radius 2 is 1.88 bits per heavy atom. The van der Waals surface area contributed by atoms with Crippen molar-refractivity contribution in [2.24, 2.45) is 0 Å². The molecule has 24 heavy (non-hydrogen) atoms. The van der Waals surface area contributed by atoms with Gasteiger partial charge in [-0.2, -0.15) is 0 Å². The zero-order chi connectivity index (χ0) is 17.1. The third-order valence-corrected chi connectivity index (χ3v) is 4.48. The van der Waals surface area contributed by atoms with E-state index in [9.17, 15) is 9.59 Å². The van der Waals surface area contributed by atoms with E-state index in [0.717, 1.165) is 10.5 Å². The number of fused-ring (bicyclic) bond motifs is 1. The Labute approximate surface area is 147 Å². The van der Waals surface area contributed by atoms with Gasteiger partial charge in [0.1, 0.15) is 11.1 Å². The Hall–Kier alpha value is -2.30. The molecule has 0 aliphatic heterocycles. The number of carbonyl (C=O) groups excluding carboxylic acids is 1. The molecule has 0 unspecified atom stereocenters.